The molecule has 1 aromatic heterocycles. The largest absolute Gasteiger partial charge is 0.510 e. The monoisotopic (exact) mass is 361 g/mol. The molecule has 0 amide bonds. The van der Waals surface area contributed by atoms with E-state index in [9.17, 15) is 5.11 Å². The summed E-state index contributed by atoms with van der Waals surface area (Å²) in [6.45, 7) is 4.36. The molecular weight excluding hydrogens is 342 g/mol. The van der Waals surface area contributed by atoms with E-state index >= 15 is 0 Å². The fourth-order valence-corrected chi connectivity index (χ4v) is 4.12. The van der Waals surface area contributed by atoms with E-state index < -0.39 is 0 Å². The summed E-state index contributed by atoms with van der Waals surface area (Å²) in [6.07, 6.45) is 0. The predicted octanol–water partition coefficient (Wildman–Crippen LogP) is 5.19. The first-order chi connectivity index (χ1) is 12.5. The molecule has 2 aromatic carbocycles. The van der Waals surface area contributed by atoms with Crippen molar-refractivity contribution in [1.29, 1.82) is 5.41 Å². The SMILES string of the molecule is Cc1ccc(N2CC(O)=C(c3nc(-c4ccccc4)c(C)s3)C2=N)cc1. The summed E-state index contributed by atoms with van der Waals surface area (Å²) >= 11 is 1.52. The lowest BCUT2D eigenvalue weighted by Gasteiger charge is -2.18. The van der Waals surface area contributed by atoms with E-state index in [0.29, 0.717) is 23.0 Å². The minimum Gasteiger partial charge on any atom is -0.510 e. The highest BCUT2D eigenvalue weighted by atomic mass is 32.1. The van der Waals surface area contributed by atoms with Crippen LogP contribution in [0.2, 0.25) is 0 Å². The lowest BCUT2D eigenvalue weighted by atomic mass is 10.1. The zero-order valence-electron chi connectivity index (χ0n) is 14.7. The van der Waals surface area contributed by atoms with Gasteiger partial charge in [0.05, 0.1) is 17.8 Å². The first kappa shape index (κ1) is 16.5. The Bertz CT molecular complexity index is 1000. The third-order valence-corrected chi connectivity index (χ3v) is 5.49. The molecule has 1 aliphatic heterocycles. The van der Waals surface area contributed by atoms with Crippen molar-refractivity contribution in [3.63, 3.8) is 0 Å². The Kier molecular flexibility index (Phi) is 4.09. The van der Waals surface area contributed by atoms with E-state index in [1.165, 1.54) is 16.9 Å². The highest BCUT2D eigenvalue weighted by molar-refractivity contribution is 7.13. The van der Waals surface area contributed by atoms with Crippen molar-refractivity contribution in [3.8, 4) is 11.3 Å². The van der Waals surface area contributed by atoms with Gasteiger partial charge in [-0.1, -0.05) is 48.0 Å². The van der Waals surface area contributed by atoms with Crippen molar-refractivity contribution >= 4 is 28.4 Å². The second-order valence-corrected chi connectivity index (χ2v) is 7.59. The Balaban J connectivity index is 1.69. The topological polar surface area (TPSA) is 60.2 Å². The van der Waals surface area contributed by atoms with E-state index in [1.807, 2.05) is 73.3 Å². The molecule has 0 bridgehead atoms. The van der Waals surface area contributed by atoms with E-state index in [-0.39, 0.29) is 5.76 Å². The zero-order chi connectivity index (χ0) is 18.3. The van der Waals surface area contributed by atoms with Crippen LogP contribution in [-0.2, 0) is 0 Å². The number of hydrogen-bond donors (Lipinski definition) is 2. The number of rotatable bonds is 3. The standard InChI is InChI=1S/C21H19N3OS/c1-13-8-10-16(11-9-13)24-12-17(25)18(20(24)22)21-23-19(14(2)26-21)15-6-4-3-5-7-15/h3-11,22,25H,12H2,1-2H3. The molecule has 4 nitrogen and oxygen atoms in total. The molecule has 2 heterocycles. The normalized spacial score (nSPS) is 14.4. The number of nitrogens with zero attached hydrogens (tertiary/aromatic N) is 2. The summed E-state index contributed by atoms with van der Waals surface area (Å²) < 4.78 is 0. The van der Waals surface area contributed by atoms with Crippen LogP contribution in [0, 0.1) is 19.3 Å². The van der Waals surface area contributed by atoms with Crippen LogP contribution in [0.25, 0.3) is 16.8 Å². The van der Waals surface area contributed by atoms with Crippen LogP contribution in [0.3, 0.4) is 0 Å². The van der Waals surface area contributed by atoms with Crippen molar-refractivity contribution < 1.29 is 5.11 Å². The third kappa shape index (κ3) is 2.80. The molecule has 0 unspecified atom stereocenters. The number of aromatic nitrogens is 1. The van der Waals surface area contributed by atoms with Gasteiger partial charge in [-0.3, -0.25) is 5.41 Å². The first-order valence-corrected chi connectivity index (χ1v) is 9.24. The number of thiazole rings is 1. The lowest BCUT2D eigenvalue weighted by Crippen LogP contribution is -2.25. The molecule has 0 radical (unpaired) electrons. The number of amidine groups is 1. The minimum absolute atomic E-state index is 0.198. The molecule has 0 spiro atoms. The fraction of sp³-hybridized carbons (Fsp3) is 0.143. The summed E-state index contributed by atoms with van der Waals surface area (Å²) in [5, 5.41) is 19.8. The fourth-order valence-electron chi connectivity index (χ4n) is 3.12. The van der Waals surface area contributed by atoms with Gasteiger partial charge in [-0.2, -0.15) is 0 Å². The number of aryl methyl sites for hydroxylation is 2. The molecule has 0 fully saturated rings. The van der Waals surface area contributed by atoms with Gasteiger partial charge in [-0.15, -0.1) is 11.3 Å². The Morgan fingerprint density at radius 2 is 1.73 bits per heavy atom. The predicted molar refractivity (Wildman–Crippen MR) is 108 cm³/mol. The second kappa shape index (κ2) is 6.42. The van der Waals surface area contributed by atoms with Crippen LogP contribution in [0.15, 0.2) is 60.4 Å². The van der Waals surface area contributed by atoms with E-state index in [0.717, 1.165) is 21.8 Å². The van der Waals surface area contributed by atoms with Gasteiger partial charge in [0.15, 0.2) is 0 Å². The van der Waals surface area contributed by atoms with Crippen LogP contribution in [0.5, 0.6) is 0 Å². The maximum Gasteiger partial charge on any atom is 0.139 e. The molecule has 0 saturated heterocycles. The Labute approximate surface area is 156 Å². The summed E-state index contributed by atoms with van der Waals surface area (Å²) in [5.41, 5.74) is 4.56. The average molecular weight is 361 g/mol. The smallest absolute Gasteiger partial charge is 0.139 e. The van der Waals surface area contributed by atoms with Gasteiger partial charge < -0.3 is 10.0 Å². The lowest BCUT2D eigenvalue weighted by molar-refractivity contribution is 0.411. The van der Waals surface area contributed by atoms with Gasteiger partial charge in [0, 0.05) is 16.1 Å². The number of anilines is 1. The number of hydrogen-bond acceptors (Lipinski definition) is 4. The van der Waals surface area contributed by atoms with Crippen LogP contribution >= 0.6 is 11.3 Å². The molecule has 3 aromatic rings. The summed E-state index contributed by atoms with van der Waals surface area (Å²) in [7, 11) is 0. The Morgan fingerprint density at radius 1 is 1.04 bits per heavy atom. The van der Waals surface area contributed by atoms with Crippen molar-refractivity contribution in [2.45, 2.75) is 13.8 Å². The maximum atomic E-state index is 10.5. The van der Waals surface area contributed by atoms with E-state index in [1.54, 1.807) is 0 Å². The molecule has 1 aliphatic rings. The molecule has 4 rings (SSSR count). The van der Waals surface area contributed by atoms with Gasteiger partial charge in [0.2, 0.25) is 0 Å². The van der Waals surface area contributed by atoms with Crippen molar-refractivity contribution in [2.24, 2.45) is 0 Å². The Morgan fingerprint density at radius 3 is 2.42 bits per heavy atom. The highest BCUT2D eigenvalue weighted by Gasteiger charge is 2.31. The number of nitrogens with one attached hydrogen (secondary N) is 1. The van der Waals surface area contributed by atoms with E-state index in [4.69, 9.17) is 10.4 Å². The molecule has 26 heavy (non-hydrogen) atoms. The highest BCUT2D eigenvalue weighted by Crippen LogP contribution is 2.36. The van der Waals surface area contributed by atoms with Crippen LogP contribution in [0.4, 0.5) is 5.69 Å². The molecule has 130 valence electrons. The average Bonchev–Trinajstić information content (AvgIpc) is 3.16. The van der Waals surface area contributed by atoms with Gasteiger partial charge >= 0.3 is 0 Å². The quantitative estimate of drug-likeness (QED) is 0.674. The van der Waals surface area contributed by atoms with Gasteiger partial charge in [0.25, 0.3) is 0 Å². The summed E-state index contributed by atoms with van der Waals surface area (Å²) in [4.78, 5) is 7.62. The molecular formula is C21H19N3OS. The van der Waals surface area contributed by atoms with Gasteiger partial charge in [0.1, 0.15) is 16.6 Å². The van der Waals surface area contributed by atoms with Crippen molar-refractivity contribution in [1.82, 2.24) is 4.98 Å². The molecule has 0 aliphatic carbocycles. The van der Waals surface area contributed by atoms with E-state index in [2.05, 4.69) is 0 Å². The molecule has 0 saturated carbocycles. The Hall–Kier alpha value is -2.92. The number of aliphatic hydroxyl groups is 1. The number of aliphatic hydroxyl groups excluding tert-OH is 1. The van der Waals surface area contributed by atoms with Crippen molar-refractivity contribution in [2.75, 3.05) is 11.4 Å². The minimum atomic E-state index is 0.198. The van der Waals surface area contributed by atoms with Crippen molar-refractivity contribution in [3.05, 3.63) is 75.8 Å². The van der Waals surface area contributed by atoms with Crippen LogP contribution in [-0.4, -0.2) is 22.5 Å². The maximum absolute atomic E-state index is 10.5. The first-order valence-electron chi connectivity index (χ1n) is 8.43. The van der Waals surface area contributed by atoms with Crippen LogP contribution in [0.1, 0.15) is 15.4 Å². The molecule has 2 N–H and O–H groups in total. The van der Waals surface area contributed by atoms with Crippen LogP contribution < -0.4 is 4.90 Å². The third-order valence-electron chi connectivity index (χ3n) is 4.51. The molecule has 5 heteroatoms. The summed E-state index contributed by atoms with van der Waals surface area (Å²) in [5.74, 6) is 0.489. The second-order valence-electron chi connectivity index (χ2n) is 6.38. The van der Waals surface area contributed by atoms with Gasteiger partial charge in [-0.05, 0) is 26.0 Å². The van der Waals surface area contributed by atoms with Gasteiger partial charge in [-0.25, -0.2) is 4.98 Å². The number of benzene rings is 2. The summed E-state index contributed by atoms with van der Waals surface area (Å²) in [6, 6.07) is 18.0. The zero-order valence-corrected chi connectivity index (χ0v) is 15.5. The molecule has 0 atom stereocenters.